The number of urea groups is 1. The van der Waals surface area contributed by atoms with Gasteiger partial charge in [0, 0.05) is 5.56 Å². The van der Waals surface area contributed by atoms with Gasteiger partial charge in [-0.05, 0) is 43.7 Å². The lowest BCUT2D eigenvalue weighted by Gasteiger charge is -2.12. The van der Waals surface area contributed by atoms with Crippen molar-refractivity contribution in [3.05, 3.63) is 70.1 Å². The predicted octanol–water partition coefficient (Wildman–Crippen LogP) is 4.36. The first-order chi connectivity index (χ1) is 12.8. The Labute approximate surface area is 161 Å². The first kappa shape index (κ1) is 18.9. The third kappa shape index (κ3) is 4.28. The highest BCUT2D eigenvalue weighted by atomic mass is 35.5. The molecule has 1 N–H and O–H groups in total. The van der Waals surface area contributed by atoms with Crippen molar-refractivity contribution in [2.75, 3.05) is 0 Å². The number of hydrogen-bond acceptors (Lipinski definition) is 3. The number of benzene rings is 2. The van der Waals surface area contributed by atoms with E-state index in [1.807, 2.05) is 13.8 Å². The van der Waals surface area contributed by atoms with Gasteiger partial charge in [0.15, 0.2) is 0 Å². The van der Waals surface area contributed by atoms with E-state index < -0.39 is 17.8 Å². The van der Waals surface area contributed by atoms with E-state index in [1.165, 1.54) is 18.2 Å². The van der Waals surface area contributed by atoms with Crippen LogP contribution in [0.1, 0.15) is 25.0 Å². The Balaban J connectivity index is 1.80. The highest BCUT2D eigenvalue weighted by Gasteiger charge is 2.33. The maximum Gasteiger partial charge on any atom is 0.329 e. The van der Waals surface area contributed by atoms with E-state index in [-0.39, 0.29) is 23.9 Å². The summed E-state index contributed by atoms with van der Waals surface area (Å²) in [5.41, 5.74) is 0.998. The van der Waals surface area contributed by atoms with Crippen LogP contribution >= 0.6 is 11.6 Å². The molecule has 0 radical (unpaired) electrons. The molecule has 0 unspecified atom stereocenters. The zero-order chi connectivity index (χ0) is 19.6. The molecule has 3 rings (SSSR count). The summed E-state index contributed by atoms with van der Waals surface area (Å²) >= 11 is 6.20. The molecular formula is C20H18ClFN2O3. The topological polar surface area (TPSA) is 58.6 Å². The van der Waals surface area contributed by atoms with Crippen LogP contribution in [0.4, 0.5) is 9.18 Å². The summed E-state index contributed by atoms with van der Waals surface area (Å²) in [4.78, 5) is 25.6. The number of imide groups is 1. The smallest absolute Gasteiger partial charge is 0.329 e. The van der Waals surface area contributed by atoms with Crippen molar-refractivity contribution in [3.8, 4) is 5.75 Å². The first-order valence-electron chi connectivity index (χ1n) is 8.39. The van der Waals surface area contributed by atoms with Gasteiger partial charge in [0.2, 0.25) is 0 Å². The minimum atomic E-state index is -0.597. The maximum absolute atomic E-state index is 13.8. The number of ether oxygens (including phenoxy) is 1. The Morgan fingerprint density at radius 1 is 1.22 bits per heavy atom. The van der Waals surface area contributed by atoms with Crippen LogP contribution in [0.3, 0.4) is 0 Å². The number of halogens is 2. The van der Waals surface area contributed by atoms with Gasteiger partial charge >= 0.3 is 6.03 Å². The maximum atomic E-state index is 13.8. The molecule has 0 saturated carbocycles. The molecule has 0 aliphatic carbocycles. The van der Waals surface area contributed by atoms with E-state index in [0.717, 1.165) is 4.90 Å². The molecule has 140 valence electrons. The Bertz CT molecular complexity index is 927. The second-order valence-electron chi connectivity index (χ2n) is 6.33. The van der Waals surface area contributed by atoms with E-state index in [2.05, 4.69) is 5.32 Å². The van der Waals surface area contributed by atoms with Crippen molar-refractivity contribution in [1.29, 1.82) is 0 Å². The van der Waals surface area contributed by atoms with E-state index in [9.17, 15) is 14.0 Å². The number of nitrogens with one attached hydrogen (secondary N) is 1. The number of amides is 3. The molecule has 5 nitrogen and oxygen atoms in total. The lowest BCUT2D eigenvalue weighted by atomic mass is 10.1. The molecule has 1 aliphatic rings. The summed E-state index contributed by atoms with van der Waals surface area (Å²) in [6, 6.07) is 10.5. The summed E-state index contributed by atoms with van der Waals surface area (Å²) in [5.74, 6) is -0.457. The number of nitrogens with zero attached hydrogens (tertiary/aromatic N) is 1. The molecule has 0 aromatic heterocycles. The van der Waals surface area contributed by atoms with Gasteiger partial charge < -0.3 is 10.1 Å². The van der Waals surface area contributed by atoms with Crippen LogP contribution in [0, 0.1) is 5.82 Å². The number of carbonyl (C=O) groups excluding carboxylic acids is 2. The summed E-state index contributed by atoms with van der Waals surface area (Å²) in [6.45, 7) is 3.64. The van der Waals surface area contributed by atoms with Crippen LogP contribution in [0.2, 0.25) is 5.02 Å². The zero-order valence-corrected chi connectivity index (χ0v) is 15.6. The third-order valence-electron chi connectivity index (χ3n) is 3.88. The molecule has 0 bridgehead atoms. The van der Waals surface area contributed by atoms with Crippen LogP contribution in [0.25, 0.3) is 6.08 Å². The van der Waals surface area contributed by atoms with Gasteiger partial charge in [-0.2, -0.15) is 0 Å². The van der Waals surface area contributed by atoms with Crippen LogP contribution in [0.15, 0.2) is 48.2 Å². The van der Waals surface area contributed by atoms with Gasteiger partial charge in [-0.3, -0.25) is 9.69 Å². The van der Waals surface area contributed by atoms with Crippen molar-refractivity contribution in [2.24, 2.45) is 0 Å². The quantitative estimate of drug-likeness (QED) is 0.611. The normalized spacial score (nSPS) is 15.6. The minimum Gasteiger partial charge on any atom is -0.489 e. The molecule has 0 spiro atoms. The summed E-state index contributed by atoms with van der Waals surface area (Å²) in [7, 11) is 0. The average Bonchev–Trinajstić information content (AvgIpc) is 2.86. The molecule has 1 saturated heterocycles. The molecule has 2 aromatic carbocycles. The second kappa shape index (κ2) is 7.80. The fraction of sp³-hybridized carbons (Fsp3) is 0.200. The Morgan fingerprint density at radius 2 is 1.96 bits per heavy atom. The number of rotatable bonds is 5. The molecule has 3 amide bonds. The summed E-state index contributed by atoms with van der Waals surface area (Å²) in [5, 5.41) is 2.91. The van der Waals surface area contributed by atoms with E-state index in [1.54, 1.807) is 30.3 Å². The SMILES string of the molecule is CC(C)Oc1ccc(/C=C2/NC(=O)N(Cc3ccccc3F)C2=O)cc1Cl. The van der Waals surface area contributed by atoms with Crippen molar-refractivity contribution in [3.63, 3.8) is 0 Å². The molecule has 27 heavy (non-hydrogen) atoms. The van der Waals surface area contributed by atoms with Gasteiger partial charge in [0.25, 0.3) is 5.91 Å². The lowest BCUT2D eigenvalue weighted by Crippen LogP contribution is -2.30. The average molecular weight is 389 g/mol. The fourth-order valence-electron chi connectivity index (χ4n) is 2.64. The van der Waals surface area contributed by atoms with Gasteiger partial charge in [-0.25, -0.2) is 9.18 Å². The molecule has 7 heteroatoms. The number of hydrogen-bond donors (Lipinski definition) is 1. The lowest BCUT2D eigenvalue weighted by molar-refractivity contribution is -0.123. The standard InChI is InChI=1S/C20H18ClFN2O3/c1-12(2)27-18-8-7-13(9-15(18)21)10-17-19(25)24(20(26)23-17)11-14-5-3-4-6-16(14)22/h3-10,12H,11H2,1-2H3,(H,23,26)/b17-10+. The van der Waals surface area contributed by atoms with E-state index in [4.69, 9.17) is 16.3 Å². The molecule has 1 aliphatic heterocycles. The van der Waals surface area contributed by atoms with Crippen LogP contribution in [0.5, 0.6) is 5.75 Å². The predicted molar refractivity (Wildman–Crippen MR) is 101 cm³/mol. The monoisotopic (exact) mass is 388 g/mol. The third-order valence-corrected chi connectivity index (χ3v) is 4.17. The second-order valence-corrected chi connectivity index (χ2v) is 6.73. The van der Waals surface area contributed by atoms with Crippen molar-refractivity contribution < 1.29 is 18.7 Å². The van der Waals surface area contributed by atoms with Gasteiger partial charge in [0.05, 0.1) is 17.7 Å². The van der Waals surface area contributed by atoms with Crippen molar-refractivity contribution in [1.82, 2.24) is 10.2 Å². The zero-order valence-electron chi connectivity index (χ0n) is 14.8. The van der Waals surface area contributed by atoms with Crippen molar-refractivity contribution in [2.45, 2.75) is 26.5 Å². The summed E-state index contributed by atoms with van der Waals surface area (Å²) in [6.07, 6.45) is 1.50. The molecule has 2 aromatic rings. The highest BCUT2D eigenvalue weighted by Crippen LogP contribution is 2.28. The van der Waals surface area contributed by atoms with Crippen LogP contribution in [-0.2, 0) is 11.3 Å². The van der Waals surface area contributed by atoms with Crippen molar-refractivity contribution >= 4 is 29.6 Å². The van der Waals surface area contributed by atoms with Gasteiger partial charge in [0.1, 0.15) is 17.3 Å². The van der Waals surface area contributed by atoms with E-state index in [0.29, 0.717) is 16.3 Å². The van der Waals surface area contributed by atoms with Gasteiger partial charge in [-0.1, -0.05) is 35.9 Å². The fourth-order valence-corrected chi connectivity index (χ4v) is 2.87. The van der Waals surface area contributed by atoms with E-state index >= 15 is 0 Å². The largest absolute Gasteiger partial charge is 0.489 e. The van der Waals surface area contributed by atoms with Crippen LogP contribution in [-0.4, -0.2) is 22.9 Å². The van der Waals surface area contributed by atoms with Crippen LogP contribution < -0.4 is 10.1 Å². The molecule has 1 fully saturated rings. The number of carbonyl (C=O) groups is 2. The molecule has 1 heterocycles. The highest BCUT2D eigenvalue weighted by molar-refractivity contribution is 6.32. The Hall–Kier alpha value is -2.86. The minimum absolute atomic E-state index is 0.0191. The first-order valence-corrected chi connectivity index (χ1v) is 8.77. The molecule has 0 atom stereocenters. The Morgan fingerprint density at radius 3 is 2.63 bits per heavy atom. The molecular weight excluding hydrogens is 371 g/mol. The Kier molecular flexibility index (Phi) is 5.46. The summed E-state index contributed by atoms with van der Waals surface area (Å²) < 4.78 is 19.4. The van der Waals surface area contributed by atoms with Gasteiger partial charge in [-0.15, -0.1) is 0 Å².